The van der Waals surface area contributed by atoms with Gasteiger partial charge in [0.15, 0.2) is 0 Å². The number of carboxylic acids is 1. The molecule has 1 rings (SSSR count). The molecule has 0 fully saturated rings. The molecule has 1 atom stereocenters. The summed E-state index contributed by atoms with van der Waals surface area (Å²) in [6, 6.07) is 0.936. The van der Waals surface area contributed by atoms with E-state index in [2.05, 4.69) is 10.3 Å². The number of anilines is 1. The second-order valence-electron chi connectivity index (χ2n) is 4.35. The smallest absolute Gasteiger partial charge is 0.337 e. The lowest BCUT2D eigenvalue weighted by Gasteiger charge is -2.27. The highest BCUT2D eigenvalue weighted by molar-refractivity contribution is 5.88. The fraction of sp³-hybridized carbons (Fsp3) is 0.455. The Morgan fingerprint density at radius 2 is 2.26 bits per heavy atom. The summed E-state index contributed by atoms with van der Waals surface area (Å²) in [6.45, 7) is 3.26. The van der Waals surface area contributed by atoms with Crippen LogP contribution in [0, 0.1) is 10.1 Å². The number of hydrogen-bond donors (Lipinski definition) is 3. The number of aromatic nitrogens is 1. The van der Waals surface area contributed by atoms with Gasteiger partial charge in [-0.3, -0.25) is 10.1 Å². The molecule has 0 spiro atoms. The van der Waals surface area contributed by atoms with Crippen LogP contribution in [0.4, 0.5) is 11.5 Å². The van der Waals surface area contributed by atoms with Crippen LogP contribution in [0.1, 0.15) is 30.6 Å². The van der Waals surface area contributed by atoms with Crippen LogP contribution in [0.2, 0.25) is 0 Å². The first-order chi connectivity index (χ1) is 8.83. The largest absolute Gasteiger partial charge is 0.478 e. The number of nitro groups is 1. The Labute approximate surface area is 109 Å². The molecule has 1 aromatic rings. The molecule has 0 aliphatic heterocycles. The van der Waals surface area contributed by atoms with Gasteiger partial charge in [0.25, 0.3) is 0 Å². The summed E-state index contributed by atoms with van der Waals surface area (Å²) in [6.07, 6.45) is 1.55. The molecule has 1 heterocycles. The van der Waals surface area contributed by atoms with E-state index in [1.54, 1.807) is 13.8 Å². The van der Waals surface area contributed by atoms with Crippen LogP contribution < -0.4 is 5.32 Å². The molecule has 1 unspecified atom stereocenters. The van der Waals surface area contributed by atoms with Gasteiger partial charge >= 0.3 is 11.7 Å². The summed E-state index contributed by atoms with van der Waals surface area (Å²) in [5, 5.41) is 31.8. The van der Waals surface area contributed by atoms with Crippen LogP contribution in [-0.4, -0.2) is 38.2 Å². The molecule has 104 valence electrons. The van der Waals surface area contributed by atoms with Gasteiger partial charge in [0.1, 0.15) is 0 Å². The first kappa shape index (κ1) is 14.8. The van der Waals surface area contributed by atoms with Crippen molar-refractivity contribution in [3.8, 4) is 0 Å². The van der Waals surface area contributed by atoms with Gasteiger partial charge in [0, 0.05) is 12.3 Å². The van der Waals surface area contributed by atoms with E-state index in [1.807, 2.05) is 0 Å². The summed E-state index contributed by atoms with van der Waals surface area (Å²) in [5.41, 5.74) is -1.46. The minimum atomic E-state index is -1.29. The van der Waals surface area contributed by atoms with Crippen LogP contribution in [-0.2, 0) is 0 Å². The zero-order valence-electron chi connectivity index (χ0n) is 10.6. The number of nitrogens with one attached hydrogen (secondary N) is 1. The molecule has 0 saturated carbocycles. The fourth-order valence-corrected chi connectivity index (χ4v) is 1.33. The van der Waals surface area contributed by atoms with Crippen molar-refractivity contribution in [2.45, 2.75) is 25.8 Å². The van der Waals surface area contributed by atoms with Crippen LogP contribution in [0.5, 0.6) is 0 Å². The highest BCUT2D eigenvalue weighted by atomic mass is 16.6. The van der Waals surface area contributed by atoms with E-state index in [0.717, 1.165) is 12.3 Å². The molecule has 0 aromatic carbocycles. The monoisotopic (exact) mass is 269 g/mol. The Hall–Kier alpha value is -2.22. The third-order valence-electron chi connectivity index (χ3n) is 2.86. The summed E-state index contributed by atoms with van der Waals surface area (Å²) in [4.78, 5) is 24.7. The lowest BCUT2D eigenvalue weighted by atomic mass is 10.0. The number of carbonyl (C=O) groups is 1. The van der Waals surface area contributed by atoms with E-state index >= 15 is 0 Å². The fourth-order valence-electron chi connectivity index (χ4n) is 1.33. The molecular formula is C11H15N3O5. The minimum Gasteiger partial charge on any atom is -0.478 e. The molecule has 0 bridgehead atoms. The van der Waals surface area contributed by atoms with Crippen LogP contribution in [0.15, 0.2) is 12.3 Å². The van der Waals surface area contributed by atoms with Crippen molar-refractivity contribution in [1.82, 2.24) is 4.98 Å². The Morgan fingerprint density at radius 1 is 1.63 bits per heavy atom. The van der Waals surface area contributed by atoms with Gasteiger partial charge in [-0.05, 0) is 13.3 Å². The van der Waals surface area contributed by atoms with Gasteiger partial charge in [-0.2, -0.15) is 0 Å². The van der Waals surface area contributed by atoms with Crippen molar-refractivity contribution in [1.29, 1.82) is 0 Å². The summed E-state index contributed by atoms with van der Waals surface area (Å²) in [7, 11) is 0. The molecule has 8 heteroatoms. The third kappa shape index (κ3) is 3.38. The Morgan fingerprint density at radius 3 is 2.68 bits per heavy atom. The maximum absolute atomic E-state index is 10.9. The van der Waals surface area contributed by atoms with Gasteiger partial charge in [-0.25, -0.2) is 9.78 Å². The lowest BCUT2D eigenvalue weighted by molar-refractivity contribution is -0.384. The topological polar surface area (TPSA) is 126 Å². The van der Waals surface area contributed by atoms with Crippen LogP contribution in [0.3, 0.4) is 0 Å². The highest BCUT2D eigenvalue weighted by Gasteiger charge is 2.26. The first-order valence-electron chi connectivity index (χ1n) is 5.59. The SMILES string of the molecule is CCC(C)(CO)Nc1ncc(C(=O)O)cc1[N+](=O)[O-]. The molecular weight excluding hydrogens is 254 g/mol. The number of aromatic carboxylic acids is 1. The van der Waals surface area contributed by atoms with E-state index < -0.39 is 22.1 Å². The van der Waals surface area contributed by atoms with Crippen molar-refractivity contribution >= 4 is 17.5 Å². The van der Waals surface area contributed by atoms with Crippen LogP contribution in [0.25, 0.3) is 0 Å². The molecule has 8 nitrogen and oxygen atoms in total. The van der Waals surface area contributed by atoms with E-state index in [0.29, 0.717) is 6.42 Å². The predicted octanol–water partition coefficient (Wildman–Crippen LogP) is 1.26. The lowest BCUT2D eigenvalue weighted by Crippen LogP contribution is -2.38. The quantitative estimate of drug-likeness (QED) is 0.524. The van der Waals surface area contributed by atoms with E-state index in [9.17, 15) is 20.0 Å². The van der Waals surface area contributed by atoms with Crippen molar-refractivity contribution in [2.24, 2.45) is 0 Å². The summed E-state index contributed by atoms with van der Waals surface area (Å²) < 4.78 is 0. The van der Waals surface area contributed by atoms with Gasteiger partial charge in [0.2, 0.25) is 5.82 Å². The maximum atomic E-state index is 10.9. The third-order valence-corrected chi connectivity index (χ3v) is 2.86. The predicted molar refractivity (Wildman–Crippen MR) is 67.3 cm³/mol. The molecule has 0 saturated heterocycles. The molecule has 1 aromatic heterocycles. The molecule has 3 N–H and O–H groups in total. The Bertz CT molecular complexity index is 499. The standard InChI is InChI=1S/C11H15N3O5/c1-3-11(2,6-15)13-9-8(14(18)19)4-7(5-12-9)10(16)17/h4-5,15H,3,6H2,1-2H3,(H,12,13)(H,16,17). The van der Waals surface area contributed by atoms with Crippen LogP contribution >= 0.6 is 0 Å². The summed E-state index contributed by atoms with van der Waals surface area (Å²) in [5.74, 6) is -1.35. The van der Waals surface area contributed by atoms with Crippen molar-refractivity contribution in [3.63, 3.8) is 0 Å². The first-order valence-corrected chi connectivity index (χ1v) is 5.59. The summed E-state index contributed by atoms with van der Waals surface area (Å²) >= 11 is 0. The molecule has 0 aliphatic carbocycles. The number of aliphatic hydroxyl groups excluding tert-OH is 1. The van der Waals surface area contributed by atoms with Crippen molar-refractivity contribution in [3.05, 3.63) is 27.9 Å². The van der Waals surface area contributed by atoms with Gasteiger partial charge < -0.3 is 15.5 Å². The van der Waals surface area contributed by atoms with Crippen molar-refractivity contribution in [2.75, 3.05) is 11.9 Å². The Balaban J connectivity index is 3.21. The number of pyridine rings is 1. The zero-order valence-corrected chi connectivity index (χ0v) is 10.6. The molecule has 0 amide bonds. The molecule has 19 heavy (non-hydrogen) atoms. The normalized spacial score (nSPS) is 13.6. The van der Waals surface area contributed by atoms with E-state index in [4.69, 9.17) is 5.11 Å². The maximum Gasteiger partial charge on any atom is 0.337 e. The Kier molecular flexibility index (Phi) is 4.38. The van der Waals surface area contributed by atoms with Crippen molar-refractivity contribution < 1.29 is 19.9 Å². The molecule has 0 aliphatic rings. The zero-order chi connectivity index (χ0) is 14.6. The highest BCUT2D eigenvalue weighted by Crippen LogP contribution is 2.26. The van der Waals surface area contributed by atoms with Gasteiger partial charge in [-0.15, -0.1) is 0 Å². The minimum absolute atomic E-state index is 0.0617. The average molecular weight is 269 g/mol. The van der Waals surface area contributed by atoms with E-state index in [1.165, 1.54) is 0 Å². The number of nitrogens with zero attached hydrogens (tertiary/aromatic N) is 2. The van der Waals surface area contributed by atoms with Gasteiger partial charge in [0.05, 0.1) is 22.6 Å². The average Bonchev–Trinajstić information content (AvgIpc) is 2.38. The second-order valence-corrected chi connectivity index (χ2v) is 4.35. The second kappa shape index (κ2) is 5.61. The number of carboxylic acid groups (broad SMARTS) is 1. The van der Waals surface area contributed by atoms with Gasteiger partial charge in [-0.1, -0.05) is 6.92 Å². The number of rotatable bonds is 6. The number of hydrogen-bond acceptors (Lipinski definition) is 6. The molecule has 0 radical (unpaired) electrons. The van der Waals surface area contributed by atoms with E-state index in [-0.39, 0.29) is 18.0 Å². The number of aliphatic hydroxyl groups is 1.